The predicted octanol–water partition coefficient (Wildman–Crippen LogP) is 2.56. The highest BCUT2D eigenvalue weighted by Gasteiger charge is 2.11. The van der Waals surface area contributed by atoms with Crippen molar-refractivity contribution in [2.24, 2.45) is 5.73 Å². The number of nitrogens with two attached hydrogens (primary N) is 1. The Kier molecular flexibility index (Phi) is 6.47. The van der Waals surface area contributed by atoms with Gasteiger partial charge < -0.3 is 10.8 Å². The zero-order valence-electron chi connectivity index (χ0n) is 9.90. The van der Waals surface area contributed by atoms with Crippen molar-refractivity contribution in [3.63, 3.8) is 0 Å². The van der Waals surface area contributed by atoms with Gasteiger partial charge in [0.25, 0.3) is 0 Å². The molecule has 0 amide bonds. The molecule has 0 saturated heterocycles. The molecule has 0 heterocycles. The highest BCUT2D eigenvalue weighted by Crippen LogP contribution is 2.31. The molecule has 5 heteroatoms. The molecule has 1 aromatic rings. The Hall–Kier alpha value is -0.650. The summed E-state index contributed by atoms with van der Waals surface area (Å²) in [6.07, 6.45) is 0.757. The average Bonchev–Trinajstić information content (AvgIpc) is 2.29. The lowest BCUT2D eigenvalue weighted by molar-refractivity contribution is 0.296. The number of benzene rings is 1. The van der Waals surface area contributed by atoms with Crippen LogP contribution in [0.25, 0.3) is 0 Å². The number of nitrogens with one attached hydrogen (secondary N) is 1. The Labute approximate surface area is 111 Å². The van der Waals surface area contributed by atoms with Crippen LogP contribution in [0, 0.1) is 5.41 Å². The average molecular weight is 270 g/mol. The summed E-state index contributed by atoms with van der Waals surface area (Å²) in [5.74, 6) is 1.93. The lowest BCUT2D eigenvalue weighted by Crippen LogP contribution is -2.14. The van der Waals surface area contributed by atoms with E-state index in [0.29, 0.717) is 0 Å². The van der Waals surface area contributed by atoms with Gasteiger partial charge in [0.05, 0.1) is 0 Å². The minimum Gasteiger partial charge on any atom is -0.396 e. The molecule has 4 N–H and O–H groups in total. The summed E-state index contributed by atoms with van der Waals surface area (Å²) in [5.41, 5.74) is 6.49. The van der Waals surface area contributed by atoms with Crippen LogP contribution in [0.3, 0.4) is 0 Å². The molecule has 17 heavy (non-hydrogen) atoms. The molecule has 0 spiro atoms. The van der Waals surface area contributed by atoms with Crippen molar-refractivity contribution in [2.45, 2.75) is 23.1 Å². The molecule has 0 aliphatic carbocycles. The van der Waals surface area contributed by atoms with E-state index in [1.165, 1.54) is 0 Å². The minimum atomic E-state index is 0.119. The summed E-state index contributed by atoms with van der Waals surface area (Å²) in [7, 11) is 0. The fourth-order valence-electron chi connectivity index (χ4n) is 1.42. The number of hydrogen-bond acceptors (Lipinski definition) is 4. The van der Waals surface area contributed by atoms with Crippen LogP contribution < -0.4 is 5.73 Å². The smallest absolute Gasteiger partial charge is 0.125 e. The van der Waals surface area contributed by atoms with Crippen molar-refractivity contribution in [1.29, 1.82) is 5.41 Å². The monoisotopic (exact) mass is 270 g/mol. The molecule has 0 atom stereocenters. The Bertz CT molecular complexity index is 383. The number of aliphatic hydroxyl groups excluding tert-OH is 1. The van der Waals surface area contributed by atoms with Crippen LogP contribution in [0.2, 0.25) is 0 Å². The largest absolute Gasteiger partial charge is 0.396 e. The first kappa shape index (κ1) is 14.4. The molecular weight excluding hydrogens is 252 g/mol. The molecule has 0 bridgehead atoms. The molecule has 1 aromatic carbocycles. The number of hydrogen-bond donors (Lipinski definition) is 3. The van der Waals surface area contributed by atoms with E-state index in [9.17, 15) is 0 Å². The zero-order valence-corrected chi connectivity index (χ0v) is 11.5. The van der Waals surface area contributed by atoms with Gasteiger partial charge in [-0.2, -0.15) is 0 Å². The van der Waals surface area contributed by atoms with E-state index in [-0.39, 0.29) is 12.4 Å². The maximum atomic E-state index is 8.78. The molecule has 94 valence electrons. The second kappa shape index (κ2) is 7.63. The fraction of sp³-hybridized carbons (Fsp3) is 0.417. The van der Waals surface area contributed by atoms with Crippen LogP contribution in [0.1, 0.15) is 18.9 Å². The van der Waals surface area contributed by atoms with Crippen molar-refractivity contribution >= 4 is 29.4 Å². The zero-order chi connectivity index (χ0) is 12.7. The third kappa shape index (κ3) is 4.26. The molecule has 0 fully saturated rings. The van der Waals surface area contributed by atoms with Gasteiger partial charge in [-0.25, -0.2) is 0 Å². The molecule has 1 rings (SSSR count). The summed E-state index contributed by atoms with van der Waals surface area (Å²) < 4.78 is 0. The standard InChI is InChI=1S/C12H18N2OS2/c1-2-16-9-5-3-6-10(11(9)12(13)14)17-8-4-7-15/h3,5-6,15H,2,4,7-8H2,1H3,(H3,13,14). The summed E-state index contributed by atoms with van der Waals surface area (Å²) in [5, 5.41) is 16.5. The van der Waals surface area contributed by atoms with E-state index >= 15 is 0 Å². The first-order valence-corrected chi connectivity index (χ1v) is 7.51. The van der Waals surface area contributed by atoms with Crippen molar-refractivity contribution in [3.05, 3.63) is 23.8 Å². The third-order valence-corrected chi connectivity index (χ3v) is 4.20. The molecule has 0 aromatic heterocycles. The van der Waals surface area contributed by atoms with Crippen molar-refractivity contribution < 1.29 is 5.11 Å². The van der Waals surface area contributed by atoms with Gasteiger partial charge in [0.2, 0.25) is 0 Å². The molecule has 3 nitrogen and oxygen atoms in total. The van der Waals surface area contributed by atoms with Crippen molar-refractivity contribution in [2.75, 3.05) is 18.1 Å². The second-order valence-electron chi connectivity index (χ2n) is 3.40. The van der Waals surface area contributed by atoms with Crippen LogP contribution >= 0.6 is 23.5 Å². The highest BCUT2D eigenvalue weighted by atomic mass is 32.2. The second-order valence-corrected chi connectivity index (χ2v) is 5.84. The fourth-order valence-corrected chi connectivity index (χ4v) is 3.37. The van der Waals surface area contributed by atoms with E-state index in [0.717, 1.165) is 33.3 Å². The molecule has 0 unspecified atom stereocenters. The summed E-state index contributed by atoms with van der Waals surface area (Å²) in [6.45, 7) is 2.28. The lowest BCUT2D eigenvalue weighted by atomic mass is 10.2. The van der Waals surface area contributed by atoms with Gasteiger partial charge in [-0.15, -0.1) is 23.5 Å². The summed E-state index contributed by atoms with van der Waals surface area (Å²) in [4.78, 5) is 2.10. The van der Waals surface area contributed by atoms with E-state index in [1.54, 1.807) is 23.5 Å². The summed E-state index contributed by atoms with van der Waals surface area (Å²) in [6, 6.07) is 5.98. The summed E-state index contributed by atoms with van der Waals surface area (Å²) >= 11 is 3.35. The normalized spacial score (nSPS) is 10.5. The van der Waals surface area contributed by atoms with Crippen LogP contribution in [0.4, 0.5) is 0 Å². The lowest BCUT2D eigenvalue weighted by Gasteiger charge is -2.12. The van der Waals surface area contributed by atoms with Crippen LogP contribution in [-0.2, 0) is 0 Å². The SMILES string of the molecule is CCSc1cccc(SCCCO)c1C(=N)N. The minimum absolute atomic E-state index is 0.119. The van der Waals surface area contributed by atoms with Crippen molar-refractivity contribution in [3.8, 4) is 0 Å². The van der Waals surface area contributed by atoms with E-state index in [4.69, 9.17) is 16.2 Å². The van der Waals surface area contributed by atoms with E-state index in [1.807, 2.05) is 18.2 Å². The Balaban J connectivity index is 2.94. The molecule has 0 aliphatic heterocycles. The van der Waals surface area contributed by atoms with Gasteiger partial charge in [-0.05, 0) is 24.3 Å². The quantitative estimate of drug-likeness (QED) is 0.308. The molecule has 0 saturated carbocycles. The first-order chi connectivity index (χ1) is 8.20. The Morgan fingerprint density at radius 1 is 1.35 bits per heavy atom. The van der Waals surface area contributed by atoms with Crippen LogP contribution in [-0.4, -0.2) is 29.1 Å². The van der Waals surface area contributed by atoms with Gasteiger partial charge in [0, 0.05) is 27.7 Å². The molecule has 0 radical (unpaired) electrons. The first-order valence-electron chi connectivity index (χ1n) is 5.54. The number of thioether (sulfide) groups is 2. The topological polar surface area (TPSA) is 70.1 Å². The van der Waals surface area contributed by atoms with E-state index in [2.05, 4.69) is 6.92 Å². The van der Waals surface area contributed by atoms with Gasteiger partial charge in [-0.3, -0.25) is 5.41 Å². The van der Waals surface area contributed by atoms with E-state index < -0.39 is 0 Å². The number of rotatable bonds is 7. The van der Waals surface area contributed by atoms with Crippen molar-refractivity contribution in [1.82, 2.24) is 0 Å². The Morgan fingerprint density at radius 2 is 2.00 bits per heavy atom. The number of aliphatic hydroxyl groups is 1. The van der Waals surface area contributed by atoms with Gasteiger partial charge >= 0.3 is 0 Å². The van der Waals surface area contributed by atoms with Gasteiger partial charge in [0.1, 0.15) is 5.84 Å². The number of amidine groups is 1. The van der Waals surface area contributed by atoms with Gasteiger partial charge in [-0.1, -0.05) is 13.0 Å². The van der Waals surface area contributed by atoms with Crippen LogP contribution in [0.15, 0.2) is 28.0 Å². The molecule has 0 aliphatic rings. The third-order valence-electron chi connectivity index (χ3n) is 2.12. The van der Waals surface area contributed by atoms with Crippen LogP contribution in [0.5, 0.6) is 0 Å². The maximum Gasteiger partial charge on any atom is 0.125 e. The Morgan fingerprint density at radius 3 is 2.53 bits per heavy atom. The number of nitrogen functional groups attached to an aromatic ring is 1. The van der Waals surface area contributed by atoms with Gasteiger partial charge in [0.15, 0.2) is 0 Å². The maximum absolute atomic E-state index is 8.78. The highest BCUT2D eigenvalue weighted by molar-refractivity contribution is 8.00. The predicted molar refractivity (Wildman–Crippen MR) is 76.3 cm³/mol. The molecular formula is C12H18N2OS2.